The summed E-state index contributed by atoms with van der Waals surface area (Å²) in [5.41, 5.74) is 3.46. The third kappa shape index (κ3) is 5.11. The molecule has 1 N–H and O–H groups in total. The fourth-order valence-electron chi connectivity index (χ4n) is 3.61. The fraction of sp³-hybridized carbons (Fsp3) is 0.591. The van der Waals surface area contributed by atoms with Crippen LogP contribution >= 0.6 is 0 Å². The van der Waals surface area contributed by atoms with E-state index < -0.39 is 0 Å². The van der Waals surface area contributed by atoms with Gasteiger partial charge in [-0.3, -0.25) is 10.00 Å². The van der Waals surface area contributed by atoms with E-state index in [1.165, 1.54) is 24.9 Å². The Bertz CT molecular complexity index is 721. The molecule has 0 spiro atoms. The topological polar surface area (TPSA) is 50.4 Å². The summed E-state index contributed by atoms with van der Waals surface area (Å²) in [7, 11) is 0. The molecule has 1 saturated carbocycles. The van der Waals surface area contributed by atoms with Gasteiger partial charge >= 0.3 is 0 Å². The standard InChI is InChI=1S/C22H31N3O2/c1-16(2)18-5-7-20(8-6-18)26-11-9-19-13-21(24-23-19)22-15-25(10-12-27-22)14-17-3-4-17/h5-8,13,16-17,22H,3-4,9-12,14-15H2,1-2H3,(H,23,24)/t22-/m0/s1. The Kier molecular flexibility index (Phi) is 5.79. The monoisotopic (exact) mass is 369 g/mol. The van der Waals surface area contributed by atoms with Gasteiger partial charge in [0.1, 0.15) is 11.9 Å². The van der Waals surface area contributed by atoms with Gasteiger partial charge in [0.25, 0.3) is 0 Å². The SMILES string of the molecule is CC(C)c1ccc(OCCc2cc([C@@H]3CN(CC4CC4)CCO3)n[nH]2)cc1. The third-order valence-electron chi connectivity index (χ3n) is 5.53. The highest BCUT2D eigenvalue weighted by Gasteiger charge is 2.29. The van der Waals surface area contributed by atoms with E-state index in [-0.39, 0.29) is 6.10 Å². The van der Waals surface area contributed by atoms with E-state index in [1.807, 2.05) is 0 Å². The lowest BCUT2D eigenvalue weighted by atomic mass is 10.0. The second-order valence-electron chi connectivity index (χ2n) is 8.20. The van der Waals surface area contributed by atoms with Crippen LogP contribution in [0.4, 0.5) is 0 Å². The number of benzene rings is 1. The molecule has 2 fully saturated rings. The highest BCUT2D eigenvalue weighted by atomic mass is 16.5. The number of nitrogens with one attached hydrogen (secondary N) is 1. The molecule has 2 aromatic rings. The van der Waals surface area contributed by atoms with Gasteiger partial charge in [-0.25, -0.2) is 0 Å². The van der Waals surface area contributed by atoms with Crippen molar-refractivity contribution in [1.29, 1.82) is 0 Å². The molecule has 2 heterocycles. The van der Waals surface area contributed by atoms with Crippen LogP contribution in [0.1, 0.15) is 55.7 Å². The molecule has 146 valence electrons. The maximum Gasteiger partial charge on any atom is 0.119 e. The predicted molar refractivity (Wildman–Crippen MR) is 106 cm³/mol. The number of hydrogen-bond donors (Lipinski definition) is 1. The molecule has 27 heavy (non-hydrogen) atoms. The minimum atomic E-state index is 0.0898. The minimum Gasteiger partial charge on any atom is -0.493 e. The predicted octanol–water partition coefficient (Wildman–Crippen LogP) is 3.94. The Morgan fingerprint density at radius 1 is 1.26 bits per heavy atom. The second kappa shape index (κ2) is 8.44. The highest BCUT2D eigenvalue weighted by molar-refractivity contribution is 5.29. The van der Waals surface area contributed by atoms with E-state index in [9.17, 15) is 0 Å². The number of aromatic nitrogens is 2. The van der Waals surface area contributed by atoms with Gasteiger partial charge in [0.15, 0.2) is 0 Å². The molecule has 5 heteroatoms. The number of hydrogen-bond acceptors (Lipinski definition) is 4. The van der Waals surface area contributed by atoms with Crippen LogP contribution in [0.5, 0.6) is 5.75 Å². The van der Waals surface area contributed by atoms with Crippen LogP contribution in [0.2, 0.25) is 0 Å². The van der Waals surface area contributed by atoms with Crippen LogP contribution < -0.4 is 4.74 Å². The van der Waals surface area contributed by atoms with Gasteiger partial charge in [-0.2, -0.15) is 5.10 Å². The van der Waals surface area contributed by atoms with Crippen molar-refractivity contribution < 1.29 is 9.47 Å². The first kappa shape index (κ1) is 18.5. The Morgan fingerprint density at radius 2 is 2.07 bits per heavy atom. The number of aromatic amines is 1. The molecule has 5 nitrogen and oxygen atoms in total. The molecule has 0 radical (unpaired) electrons. The van der Waals surface area contributed by atoms with Gasteiger partial charge in [-0.15, -0.1) is 0 Å². The van der Waals surface area contributed by atoms with Crippen molar-refractivity contribution in [2.75, 3.05) is 32.8 Å². The lowest BCUT2D eigenvalue weighted by Crippen LogP contribution is -2.39. The van der Waals surface area contributed by atoms with Crippen LogP contribution in [0.3, 0.4) is 0 Å². The summed E-state index contributed by atoms with van der Waals surface area (Å²) >= 11 is 0. The molecule has 4 rings (SSSR count). The Labute approximate surface area is 162 Å². The summed E-state index contributed by atoms with van der Waals surface area (Å²) in [5, 5.41) is 7.65. The lowest BCUT2D eigenvalue weighted by Gasteiger charge is -2.32. The first-order valence-corrected chi connectivity index (χ1v) is 10.3. The van der Waals surface area contributed by atoms with Crippen molar-refractivity contribution >= 4 is 0 Å². The molecule has 0 unspecified atom stereocenters. The summed E-state index contributed by atoms with van der Waals surface area (Å²) < 4.78 is 11.8. The Morgan fingerprint density at radius 3 is 2.81 bits per heavy atom. The van der Waals surface area contributed by atoms with Gasteiger partial charge in [-0.1, -0.05) is 26.0 Å². The zero-order valence-electron chi connectivity index (χ0n) is 16.5. The normalized spacial score (nSPS) is 20.9. The maximum absolute atomic E-state index is 5.96. The molecule has 1 aliphatic carbocycles. The number of ether oxygens (including phenoxy) is 2. The molecule has 1 saturated heterocycles. The molecular weight excluding hydrogens is 338 g/mol. The van der Waals surface area contributed by atoms with E-state index >= 15 is 0 Å². The first-order chi connectivity index (χ1) is 13.2. The van der Waals surface area contributed by atoms with Crippen molar-refractivity contribution in [3.63, 3.8) is 0 Å². The average molecular weight is 370 g/mol. The van der Waals surface area contributed by atoms with Crippen LogP contribution in [0.15, 0.2) is 30.3 Å². The highest BCUT2D eigenvalue weighted by Crippen LogP contribution is 2.31. The number of nitrogens with zero attached hydrogens (tertiary/aromatic N) is 2. The summed E-state index contributed by atoms with van der Waals surface area (Å²) in [5.74, 6) is 2.39. The van der Waals surface area contributed by atoms with E-state index in [0.717, 1.165) is 49.2 Å². The smallest absolute Gasteiger partial charge is 0.119 e. The summed E-state index contributed by atoms with van der Waals surface area (Å²) in [4.78, 5) is 2.53. The Balaban J connectivity index is 1.25. The molecule has 2 aliphatic rings. The van der Waals surface area contributed by atoms with E-state index in [0.29, 0.717) is 12.5 Å². The van der Waals surface area contributed by atoms with Gasteiger partial charge in [0.05, 0.1) is 18.9 Å². The third-order valence-corrected chi connectivity index (χ3v) is 5.53. The van der Waals surface area contributed by atoms with Gasteiger partial charge in [0, 0.05) is 31.7 Å². The second-order valence-corrected chi connectivity index (χ2v) is 8.20. The molecular formula is C22H31N3O2. The van der Waals surface area contributed by atoms with Crippen LogP contribution in [-0.2, 0) is 11.2 Å². The van der Waals surface area contributed by atoms with Gasteiger partial charge < -0.3 is 9.47 Å². The van der Waals surface area contributed by atoms with Gasteiger partial charge in [-0.05, 0) is 48.4 Å². The molecule has 1 aliphatic heterocycles. The minimum absolute atomic E-state index is 0.0898. The van der Waals surface area contributed by atoms with Crippen molar-refractivity contribution in [3.8, 4) is 5.75 Å². The van der Waals surface area contributed by atoms with Crippen molar-refractivity contribution in [3.05, 3.63) is 47.3 Å². The van der Waals surface area contributed by atoms with E-state index in [1.54, 1.807) is 0 Å². The number of rotatable bonds is 8. The van der Waals surface area contributed by atoms with Crippen molar-refractivity contribution in [2.45, 2.75) is 45.1 Å². The van der Waals surface area contributed by atoms with E-state index in [4.69, 9.17) is 9.47 Å². The Hall–Kier alpha value is -1.85. The summed E-state index contributed by atoms with van der Waals surface area (Å²) in [6.07, 6.45) is 3.70. The van der Waals surface area contributed by atoms with Crippen LogP contribution in [-0.4, -0.2) is 47.9 Å². The van der Waals surface area contributed by atoms with Crippen LogP contribution in [0.25, 0.3) is 0 Å². The molecule has 1 aromatic carbocycles. The molecule has 1 atom stereocenters. The zero-order chi connectivity index (χ0) is 18.6. The van der Waals surface area contributed by atoms with Gasteiger partial charge in [0.2, 0.25) is 0 Å². The number of morpholine rings is 1. The maximum atomic E-state index is 5.96. The fourth-order valence-corrected chi connectivity index (χ4v) is 3.61. The summed E-state index contributed by atoms with van der Waals surface area (Å²) in [6.45, 7) is 9.07. The molecule has 0 bridgehead atoms. The average Bonchev–Trinajstić information content (AvgIpc) is 3.36. The lowest BCUT2D eigenvalue weighted by molar-refractivity contribution is -0.0334. The largest absolute Gasteiger partial charge is 0.493 e. The first-order valence-electron chi connectivity index (χ1n) is 10.3. The van der Waals surface area contributed by atoms with Crippen molar-refractivity contribution in [2.24, 2.45) is 5.92 Å². The zero-order valence-corrected chi connectivity index (χ0v) is 16.5. The van der Waals surface area contributed by atoms with Crippen molar-refractivity contribution in [1.82, 2.24) is 15.1 Å². The quantitative estimate of drug-likeness (QED) is 0.766. The van der Waals surface area contributed by atoms with E-state index in [2.05, 4.69) is 59.3 Å². The summed E-state index contributed by atoms with van der Waals surface area (Å²) in [6, 6.07) is 10.5. The van der Waals surface area contributed by atoms with Crippen LogP contribution in [0, 0.1) is 5.92 Å². The molecule has 0 amide bonds. The number of H-pyrrole nitrogens is 1. The molecule has 1 aromatic heterocycles.